The van der Waals surface area contributed by atoms with Crippen molar-refractivity contribution in [1.82, 2.24) is 10.3 Å². The van der Waals surface area contributed by atoms with Crippen LogP contribution < -0.4 is 26.0 Å². The third kappa shape index (κ3) is 15.2. The highest BCUT2D eigenvalue weighted by Gasteiger charge is 2.32. The van der Waals surface area contributed by atoms with E-state index in [-0.39, 0.29) is 77.1 Å². The molecule has 4 N–H and O–H groups in total. The van der Waals surface area contributed by atoms with Gasteiger partial charge in [-0.3, -0.25) is 23.7 Å². The average molecular weight is 1060 g/mol. The summed E-state index contributed by atoms with van der Waals surface area (Å²) in [5, 5.41) is 8.50. The maximum absolute atomic E-state index is 13.6. The van der Waals surface area contributed by atoms with Crippen molar-refractivity contribution >= 4 is 96.9 Å². The van der Waals surface area contributed by atoms with Crippen molar-refractivity contribution < 1.29 is 65.0 Å². The molecule has 0 radical (unpaired) electrons. The molecule has 0 aliphatic carbocycles. The number of nitrogens with zero attached hydrogens (tertiary/aromatic N) is 1. The van der Waals surface area contributed by atoms with Crippen molar-refractivity contribution in [1.29, 1.82) is 0 Å². The van der Waals surface area contributed by atoms with Crippen LogP contribution in [0.1, 0.15) is 63.1 Å². The van der Waals surface area contributed by atoms with E-state index in [1.165, 1.54) is 24.3 Å². The number of thiazole rings is 1. The van der Waals surface area contributed by atoms with Gasteiger partial charge in [0.05, 0.1) is 62.1 Å². The first kappa shape index (κ1) is 54.3. The number of thiophene rings is 1. The van der Waals surface area contributed by atoms with Gasteiger partial charge in [-0.15, -0.1) is 11.3 Å². The zero-order valence-electron chi connectivity index (χ0n) is 39.4. The molecule has 0 aliphatic heterocycles. The van der Waals surface area contributed by atoms with Crippen LogP contribution in [0.4, 0.5) is 15.7 Å². The molecule has 0 aliphatic rings. The number of carbonyl (C=O) groups excluding carboxylic acids is 6. The second-order valence-electron chi connectivity index (χ2n) is 15.3. The summed E-state index contributed by atoms with van der Waals surface area (Å²) in [5.74, 6) is -4.36. The van der Waals surface area contributed by atoms with E-state index >= 15 is 0 Å². The van der Waals surface area contributed by atoms with Gasteiger partial charge in [-0.25, -0.2) is 27.8 Å². The lowest BCUT2D eigenvalue weighted by atomic mass is 10.1. The second-order valence-corrected chi connectivity index (χ2v) is 21.1. The third-order valence-corrected chi connectivity index (χ3v) is 14.7. The monoisotopic (exact) mass is 1060 g/mol. The van der Waals surface area contributed by atoms with Gasteiger partial charge in [0.1, 0.15) is 15.0 Å². The summed E-state index contributed by atoms with van der Waals surface area (Å²) in [6.07, 6.45) is 1.12. The number of sulfonamides is 1. The average Bonchev–Trinajstić information content (AvgIpc) is 3.97. The number of benzene rings is 4. The summed E-state index contributed by atoms with van der Waals surface area (Å²) in [7, 11) is -7.41. The number of amides is 3. The van der Waals surface area contributed by atoms with Gasteiger partial charge < -0.3 is 39.2 Å². The molecule has 0 spiro atoms. The van der Waals surface area contributed by atoms with E-state index in [1.807, 2.05) is 18.2 Å². The Bertz CT molecular complexity index is 3100. The molecule has 0 unspecified atom stereocenters. The van der Waals surface area contributed by atoms with Crippen molar-refractivity contribution in [2.24, 2.45) is 0 Å². The van der Waals surface area contributed by atoms with E-state index in [1.54, 1.807) is 87.5 Å². The number of carbonyl (C=O) groups is 6. The van der Waals surface area contributed by atoms with E-state index in [9.17, 15) is 41.8 Å². The molecule has 72 heavy (non-hydrogen) atoms. The highest BCUT2D eigenvalue weighted by Crippen LogP contribution is 2.48. The molecule has 23 heteroatoms. The third-order valence-electron chi connectivity index (χ3n) is 9.80. The first-order valence-electron chi connectivity index (χ1n) is 22.2. The molecule has 3 amide bonds. The Labute approximate surface area is 423 Å². The number of nitrogens with one attached hydrogen (secondary N) is 4. The van der Waals surface area contributed by atoms with Crippen LogP contribution >= 0.6 is 30.3 Å². The van der Waals surface area contributed by atoms with E-state index in [0.29, 0.717) is 26.6 Å². The summed E-state index contributed by atoms with van der Waals surface area (Å²) in [4.78, 5) is 84.0. The highest BCUT2D eigenvalue weighted by molar-refractivity contribution is 7.92. The number of aromatic nitrogens is 1. The Kier molecular flexibility index (Phi) is 19.1. The van der Waals surface area contributed by atoms with Crippen LogP contribution in [0.25, 0.3) is 21.0 Å². The maximum Gasteiger partial charge on any atom is 0.362 e. The van der Waals surface area contributed by atoms with Gasteiger partial charge in [0.15, 0.2) is 12.3 Å². The minimum absolute atomic E-state index is 0.00827. The summed E-state index contributed by atoms with van der Waals surface area (Å²) >= 11 is 2.13. The number of anilines is 3. The summed E-state index contributed by atoms with van der Waals surface area (Å²) in [6.45, 7) is 3.78. The molecule has 0 fully saturated rings. The summed E-state index contributed by atoms with van der Waals surface area (Å²) in [5.41, 5.74) is 2.70. The lowest BCUT2D eigenvalue weighted by Crippen LogP contribution is -2.34. The molecule has 0 bridgehead atoms. The first-order valence-corrected chi connectivity index (χ1v) is 27.3. The number of rotatable bonds is 24. The molecule has 6 rings (SSSR count). The Balaban J connectivity index is 1.09. The maximum atomic E-state index is 13.6. The van der Waals surface area contributed by atoms with Crippen molar-refractivity contribution in [3.63, 3.8) is 0 Å². The smallest absolute Gasteiger partial charge is 0.362 e. The fourth-order valence-corrected chi connectivity index (χ4v) is 11.1. The van der Waals surface area contributed by atoms with Crippen LogP contribution in [0.5, 0.6) is 0 Å². The van der Waals surface area contributed by atoms with Gasteiger partial charge in [-0.05, 0) is 67.8 Å². The molecule has 0 saturated carbocycles. The zero-order valence-corrected chi connectivity index (χ0v) is 42.7. The van der Waals surface area contributed by atoms with Crippen LogP contribution in [-0.2, 0) is 65.1 Å². The molecule has 4 aromatic carbocycles. The largest absolute Gasteiger partial charge is 0.462 e. The first-order chi connectivity index (χ1) is 34.5. The minimum Gasteiger partial charge on any atom is -0.462 e. The Morgan fingerprint density at radius 3 is 2.03 bits per heavy atom. The second kappa shape index (κ2) is 25.4. The quantitative estimate of drug-likeness (QED) is 0.0260. The van der Waals surface area contributed by atoms with Gasteiger partial charge >= 0.3 is 25.5 Å². The normalized spacial score (nSPS) is 11.3. The Morgan fingerprint density at radius 1 is 0.639 bits per heavy atom. The number of hydrogen-bond donors (Lipinski definition) is 4. The molecular formula is C49H50N5O14PS3. The summed E-state index contributed by atoms with van der Waals surface area (Å²) < 4.78 is 66.1. The fourth-order valence-electron chi connectivity index (χ4n) is 6.77. The standard InChI is InChI=1S/C49H50N5O14PS3/c1-5-64-48(59)37-28-39(70-45(37)52-42(57)30-66-47(58)36-21-11-12-22-38(36)69(61,67-6-2)68-7-3)34-19-13-15-31(25-34)23-24-65-49(60)43-46(71-44(53-43)33-17-9-8-10-18-33)51-41(56)29-50-40(55)27-32-16-14-20-35(26-32)54-72(4,62)63/h8-22,25-26,28,54H,5-7,23-24,27,29-30H2,1-4H3,(H,50,55)(H,51,56)(H,52,57). The van der Waals surface area contributed by atoms with Crippen molar-refractivity contribution in [2.45, 2.75) is 33.6 Å². The highest BCUT2D eigenvalue weighted by atomic mass is 32.2. The van der Waals surface area contributed by atoms with Gasteiger partial charge in [-0.2, -0.15) is 0 Å². The van der Waals surface area contributed by atoms with E-state index in [2.05, 4.69) is 25.7 Å². The van der Waals surface area contributed by atoms with Gasteiger partial charge in [-0.1, -0.05) is 90.2 Å². The molecule has 2 aromatic heterocycles. The van der Waals surface area contributed by atoms with Crippen LogP contribution in [0.3, 0.4) is 0 Å². The zero-order chi connectivity index (χ0) is 51.8. The Morgan fingerprint density at radius 2 is 1.31 bits per heavy atom. The number of hydrogen-bond acceptors (Lipinski definition) is 17. The number of ether oxygens (including phenoxy) is 3. The van der Waals surface area contributed by atoms with Crippen molar-refractivity contribution in [2.75, 3.05) is 61.2 Å². The van der Waals surface area contributed by atoms with E-state index in [4.69, 9.17) is 23.3 Å². The van der Waals surface area contributed by atoms with Crippen LogP contribution in [0.15, 0.2) is 109 Å². The van der Waals surface area contributed by atoms with Crippen LogP contribution in [0.2, 0.25) is 0 Å². The Hall–Kier alpha value is -7.07. The van der Waals surface area contributed by atoms with Gasteiger partial charge in [0, 0.05) is 22.5 Å². The predicted molar refractivity (Wildman–Crippen MR) is 273 cm³/mol. The SMILES string of the molecule is CCOC(=O)c1cc(-c2cccc(CCOC(=O)c3nc(-c4ccccc4)sc3NC(=O)CNC(=O)Cc3cccc(NS(C)(=O)=O)c3)c2)sc1NC(=O)COC(=O)c1ccccc1P(=O)(OCC)OCC. The molecule has 2 heterocycles. The van der Waals surface area contributed by atoms with Gasteiger partial charge in [0.2, 0.25) is 21.8 Å². The van der Waals surface area contributed by atoms with Crippen LogP contribution in [-0.4, -0.2) is 94.9 Å². The lowest BCUT2D eigenvalue weighted by molar-refractivity contribution is -0.123. The van der Waals surface area contributed by atoms with E-state index < -0.39 is 66.4 Å². The van der Waals surface area contributed by atoms with E-state index in [0.717, 1.165) is 34.5 Å². The molecule has 6 aromatic rings. The molecule has 378 valence electrons. The van der Waals surface area contributed by atoms with Crippen molar-refractivity contribution in [3.8, 4) is 21.0 Å². The predicted octanol–water partition coefficient (Wildman–Crippen LogP) is 7.47. The van der Waals surface area contributed by atoms with Gasteiger partial charge in [0.25, 0.3) is 5.91 Å². The topological polar surface area (TPSA) is 261 Å². The molecular weight excluding hydrogens is 1010 g/mol. The van der Waals surface area contributed by atoms with Crippen molar-refractivity contribution in [3.05, 3.63) is 137 Å². The molecule has 0 saturated heterocycles. The fraction of sp³-hybridized carbons (Fsp3) is 0.245. The van der Waals surface area contributed by atoms with Crippen LogP contribution in [0, 0.1) is 0 Å². The molecule has 19 nitrogen and oxygen atoms in total. The molecule has 0 atom stereocenters. The summed E-state index contributed by atoms with van der Waals surface area (Å²) in [6, 6.07) is 30.0. The minimum atomic E-state index is -3.88. The lowest BCUT2D eigenvalue weighted by Gasteiger charge is -2.19. The number of esters is 3.